The summed E-state index contributed by atoms with van der Waals surface area (Å²) in [5, 5.41) is 3.64. The van der Waals surface area contributed by atoms with Crippen LogP contribution in [0, 0.1) is 25.7 Å². The molecule has 0 saturated carbocycles. The third kappa shape index (κ3) is 4.21. The van der Waals surface area contributed by atoms with Gasteiger partial charge in [0.15, 0.2) is 0 Å². The standard InChI is InChI=1S/C20H23N/c1-4-5-9-14-21-20(18-10-7-6-8-11-18)19-13-12-16(2)15-17(19)3/h6-8,10-13,15,20-21H,9,14H2,1-3H3. The molecule has 0 aliphatic heterocycles. The third-order valence-corrected chi connectivity index (χ3v) is 3.64. The largest absolute Gasteiger partial charge is 0.305 e. The summed E-state index contributed by atoms with van der Waals surface area (Å²) in [6.07, 6.45) is 0.880. The van der Waals surface area contributed by atoms with E-state index in [1.54, 1.807) is 0 Å². The fraction of sp³-hybridized carbons (Fsp3) is 0.300. The van der Waals surface area contributed by atoms with Crippen LogP contribution < -0.4 is 5.32 Å². The monoisotopic (exact) mass is 277 g/mol. The van der Waals surface area contributed by atoms with Crippen LogP contribution in [0.15, 0.2) is 48.5 Å². The molecule has 0 amide bonds. The van der Waals surface area contributed by atoms with Crippen molar-refractivity contribution < 1.29 is 0 Å². The lowest BCUT2D eigenvalue weighted by molar-refractivity contribution is 0.611. The van der Waals surface area contributed by atoms with Crippen molar-refractivity contribution in [2.75, 3.05) is 6.54 Å². The van der Waals surface area contributed by atoms with E-state index in [1.807, 2.05) is 6.92 Å². The molecule has 0 saturated heterocycles. The first-order valence-electron chi connectivity index (χ1n) is 7.47. The van der Waals surface area contributed by atoms with Gasteiger partial charge in [0.2, 0.25) is 0 Å². The van der Waals surface area contributed by atoms with Crippen molar-refractivity contribution in [3.8, 4) is 11.8 Å². The van der Waals surface area contributed by atoms with Crippen molar-refractivity contribution >= 4 is 0 Å². The van der Waals surface area contributed by atoms with Crippen molar-refractivity contribution in [3.05, 3.63) is 70.8 Å². The Morgan fingerprint density at radius 2 is 1.81 bits per heavy atom. The average molecular weight is 277 g/mol. The molecular formula is C20H23N. The van der Waals surface area contributed by atoms with Crippen LogP contribution in [0.5, 0.6) is 0 Å². The predicted octanol–water partition coefficient (Wildman–Crippen LogP) is 4.40. The molecule has 1 heteroatoms. The average Bonchev–Trinajstić information content (AvgIpc) is 2.49. The van der Waals surface area contributed by atoms with Crippen molar-refractivity contribution in [2.45, 2.75) is 33.2 Å². The lowest BCUT2D eigenvalue weighted by Gasteiger charge is -2.21. The van der Waals surface area contributed by atoms with E-state index in [4.69, 9.17) is 0 Å². The first kappa shape index (κ1) is 15.4. The van der Waals surface area contributed by atoms with Gasteiger partial charge in [0.25, 0.3) is 0 Å². The Bertz CT molecular complexity index is 632. The molecule has 1 atom stereocenters. The van der Waals surface area contributed by atoms with E-state index in [9.17, 15) is 0 Å². The summed E-state index contributed by atoms with van der Waals surface area (Å²) in [5.74, 6) is 6.07. The molecule has 0 aliphatic rings. The van der Waals surface area contributed by atoms with Gasteiger partial charge in [-0.2, -0.15) is 0 Å². The molecule has 0 radical (unpaired) electrons. The molecule has 0 aromatic heterocycles. The Morgan fingerprint density at radius 3 is 2.48 bits per heavy atom. The number of aryl methyl sites for hydroxylation is 2. The second-order valence-electron chi connectivity index (χ2n) is 5.33. The van der Waals surface area contributed by atoms with Crippen molar-refractivity contribution in [2.24, 2.45) is 0 Å². The highest BCUT2D eigenvalue weighted by Gasteiger charge is 2.15. The predicted molar refractivity (Wildman–Crippen MR) is 90.3 cm³/mol. The van der Waals surface area contributed by atoms with E-state index in [0.717, 1.165) is 13.0 Å². The van der Waals surface area contributed by atoms with Crippen LogP contribution in [0.2, 0.25) is 0 Å². The summed E-state index contributed by atoms with van der Waals surface area (Å²) in [6.45, 7) is 7.11. The molecule has 2 rings (SSSR count). The Kier molecular flexibility index (Phi) is 5.60. The number of hydrogen-bond acceptors (Lipinski definition) is 1. The first-order valence-corrected chi connectivity index (χ1v) is 7.47. The molecule has 1 nitrogen and oxygen atoms in total. The maximum Gasteiger partial charge on any atom is 0.0579 e. The van der Waals surface area contributed by atoms with Crippen molar-refractivity contribution in [1.82, 2.24) is 5.32 Å². The maximum atomic E-state index is 3.64. The van der Waals surface area contributed by atoms with Gasteiger partial charge in [-0.25, -0.2) is 0 Å². The molecule has 0 aliphatic carbocycles. The van der Waals surface area contributed by atoms with Crippen LogP contribution >= 0.6 is 0 Å². The molecule has 0 bridgehead atoms. The normalized spacial score (nSPS) is 11.6. The Morgan fingerprint density at radius 1 is 1.05 bits per heavy atom. The van der Waals surface area contributed by atoms with E-state index >= 15 is 0 Å². The van der Waals surface area contributed by atoms with Gasteiger partial charge in [0.1, 0.15) is 0 Å². The highest BCUT2D eigenvalue weighted by molar-refractivity contribution is 5.38. The molecular weight excluding hydrogens is 254 g/mol. The molecule has 1 N–H and O–H groups in total. The molecule has 0 fully saturated rings. The van der Waals surface area contributed by atoms with Crippen LogP contribution in [-0.2, 0) is 0 Å². The van der Waals surface area contributed by atoms with E-state index in [2.05, 4.69) is 79.5 Å². The Labute approximate surface area is 128 Å². The van der Waals surface area contributed by atoms with Gasteiger partial charge in [-0.15, -0.1) is 11.8 Å². The Hall–Kier alpha value is -2.04. The lowest BCUT2D eigenvalue weighted by Crippen LogP contribution is -2.24. The summed E-state index contributed by atoms with van der Waals surface area (Å²) in [7, 11) is 0. The van der Waals surface area contributed by atoms with Gasteiger partial charge < -0.3 is 5.32 Å². The summed E-state index contributed by atoms with van der Waals surface area (Å²) >= 11 is 0. The molecule has 21 heavy (non-hydrogen) atoms. The Balaban J connectivity index is 2.28. The van der Waals surface area contributed by atoms with Gasteiger partial charge in [0.05, 0.1) is 6.04 Å². The fourth-order valence-electron chi connectivity index (χ4n) is 2.61. The highest BCUT2D eigenvalue weighted by atomic mass is 14.9. The van der Waals surface area contributed by atoms with E-state index in [1.165, 1.54) is 22.3 Å². The summed E-state index contributed by atoms with van der Waals surface area (Å²) in [5.41, 5.74) is 5.28. The molecule has 0 spiro atoms. The van der Waals surface area contributed by atoms with Crippen molar-refractivity contribution in [1.29, 1.82) is 0 Å². The number of nitrogens with one attached hydrogen (secondary N) is 1. The van der Waals surface area contributed by atoms with Crippen LogP contribution in [0.4, 0.5) is 0 Å². The minimum absolute atomic E-state index is 0.227. The molecule has 1 unspecified atom stereocenters. The van der Waals surface area contributed by atoms with Crippen LogP contribution in [0.25, 0.3) is 0 Å². The summed E-state index contributed by atoms with van der Waals surface area (Å²) in [6, 6.07) is 17.5. The number of rotatable bonds is 5. The van der Waals surface area contributed by atoms with Crippen molar-refractivity contribution in [3.63, 3.8) is 0 Å². The van der Waals surface area contributed by atoms with Gasteiger partial charge in [-0.05, 0) is 37.5 Å². The maximum absolute atomic E-state index is 3.64. The van der Waals surface area contributed by atoms with Gasteiger partial charge in [0, 0.05) is 13.0 Å². The third-order valence-electron chi connectivity index (χ3n) is 3.64. The number of hydrogen-bond donors (Lipinski definition) is 1. The minimum atomic E-state index is 0.227. The van der Waals surface area contributed by atoms with E-state index < -0.39 is 0 Å². The lowest BCUT2D eigenvalue weighted by atomic mass is 9.94. The zero-order valence-electron chi connectivity index (χ0n) is 13.1. The SMILES string of the molecule is CC#CCCNC(c1ccccc1)c1ccc(C)cc1C. The second kappa shape index (κ2) is 7.67. The zero-order valence-corrected chi connectivity index (χ0v) is 13.1. The minimum Gasteiger partial charge on any atom is -0.305 e. The smallest absolute Gasteiger partial charge is 0.0579 e. The molecule has 2 aromatic carbocycles. The van der Waals surface area contributed by atoms with E-state index in [-0.39, 0.29) is 6.04 Å². The topological polar surface area (TPSA) is 12.0 Å². The van der Waals surface area contributed by atoms with Gasteiger partial charge >= 0.3 is 0 Å². The van der Waals surface area contributed by atoms with Crippen LogP contribution in [0.3, 0.4) is 0 Å². The first-order chi connectivity index (χ1) is 10.2. The second-order valence-corrected chi connectivity index (χ2v) is 5.33. The van der Waals surface area contributed by atoms with Crippen LogP contribution in [0.1, 0.15) is 41.6 Å². The van der Waals surface area contributed by atoms with Crippen LogP contribution in [-0.4, -0.2) is 6.54 Å². The molecule has 108 valence electrons. The summed E-state index contributed by atoms with van der Waals surface area (Å²) in [4.78, 5) is 0. The summed E-state index contributed by atoms with van der Waals surface area (Å²) < 4.78 is 0. The molecule has 2 aromatic rings. The molecule has 0 heterocycles. The number of benzene rings is 2. The fourth-order valence-corrected chi connectivity index (χ4v) is 2.61. The van der Waals surface area contributed by atoms with E-state index in [0.29, 0.717) is 0 Å². The highest BCUT2D eigenvalue weighted by Crippen LogP contribution is 2.25. The van der Waals surface area contributed by atoms with Gasteiger partial charge in [-0.3, -0.25) is 0 Å². The zero-order chi connectivity index (χ0) is 15.1. The quantitative estimate of drug-likeness (QED) is 0.631. The van der Waals surface area contributed by atoms with Gasteiger partial charge in [-0.1, -0.05) is 54.1 Å².